The number of carbonyl (C=O) groups is 1. The van der Waals surface area contributed by atoms with Gasteiger partial charge < -0.3 is 9.88 Å². The number of hydrogen-bond acceptors (Lipinski definition) is 5. The maximum atomic E-state index is 12.8. The summed E-state index contributed by atoms with van der Waals surface area (Å²) in [6, 6.07) is 18.7. The molecule has 0 fully saturated rings. The molecule has 7 heteroatoms. The first-order valence-corrected chi connectivity index (χ1v) is 9.24. The van der Waals surface area contributed by atoms with Crippen molar-refractivity contribution in [3.63, 3.8) is 0 Å². The number of anilines is 1. The van der Waals surface area contributed by atoms with Gasteiger partial charge in [0.2, 0.25) is 0 Å². The van der Waals surface area contributed by atoms with Crippen LogP contribution in [0.15, 0.2) is 67.0 Å². The van der Waals surface area contributed by atoms with Crippen molar-refractivity contribution < 1.29 is 4.79 Å². The van der Waals surface area contributed by atoms with E-state index in [9.17, 15) is 4.79 Å². The predicted octanol–water partition coefficient (Wildman–Crippen LogP) is 3.56. The third-order valence-corrected chi connectivity index (χ3v) is 4.94. The molecule has 5 rings (SSSR count). The number of hydrogen-bond donors (Lipinski definition) is 1. The second-order valence-corrected chi connectivity index (χ2v) is 6.81. The summed E-state index contributed by atoms with van der Waals surface area (Å²) >= 11 is 0. The van der Waals surface area contributed by atoms with E-state index in [1.54, 1.807) is 10.8 Å². The van der Waals surface area contributed by atoms with Crippen LogP contribution >= 0.6 is 0 Å². The molecular formula is C22H18N6O. The zero-order valence-electron chi connectivity index (χ0n) is 16.0. The van der Waals surface area contributed by atoms with Gasteiger partial charge in [0.15, 0.2) is 28.4 Å². The summed E-state index contributed by atoms with van der Waals surface area (Å²) in [5.41, 5.74) is 5.21. The van der Waals surface area contributed by atoms with E-state index in [4.69, 9.17) is 5.10 Å². The van der Waals surface area contributed by atoms with Crippen molar-refractivity contribution in [2.45, 2.75) is 0 Å². The average molecular weight is 382 g/mol. The van der Waals surface area contributed by atoms with Gasteiger partial charge in [0, 0.05) is 36.9 Å². The molecule has 2 aromatic carbocycles. The molecule has 7 nitrogen and oxygen atoms in total. The van der Waals surface area contributed by atoms with Crippen LogP contribution < -0.4 is 5.32 Å². The molecule has 0 saturated heterocycles. The Kier molecular flexibility index (Phi) is 3.87. The van der Waals surface area contributed by atoms with Gasteiger partial charge in [-0.05, 0) is 6.07 Å². The van der Waals surface area contributed by atoms with E-state index in [2.05, 4.69) is 15.3 Å². The number of aromatic nitrogens is 5. The molecule has 0 aliphatic rings. The third-order valence-electron chi connectivity index (χ3n) is 4.94. The Morgan fingerprint density at radius 2 is 1.79 bits per heavy atom. The Hall–Kier alpha value is -4.00. The zero-order valence-corrected chi connectivity index (χ0v) is 16.0. The van der Waals surface area contributed by atoms with E-state index in [-0.39, 0.29) is 5.78 Å². The van der Waals surface area contributed by atoms with E-state index in [0.717, 1.165) is 22.4 Å². The summed E-state index contributed by atoms with van der Waals surface area (Å²) in [6.07, 6.45) is 1.74. The van der Waals surface area contributed by atoms with Crippen LogP contribution in [0.2, 0.25) is 0 Å². The van der Waals surface area contributed by atoms with Gasteiger partial charge in [-0.3, -0.25) is 4.79 Å². The van der Waals surface area contributed by atoms with E-state index < -0.39 is 0 Å². The van der Waals surface area contributed by atoms with Gasteiger partial charge in [0.1, 0.15) is 0 Å². The Bertz CT molecular complexity index is 1370. The molecule has 0 spiro atoms. The monoisotopic (exact) mass is 382 g/mol. The van der Waals surface area contributed by atoms with Crippen LogP contribution in [0.3, 0.4) is 0 Å². The van der Waals surface area contributed by atoms with Gasteiger partial charge in [0.05, 0.1) is 12.0 Å². The van der Waals surface area contributed by atoms with E-state index in [1.807, 2.05) is 79.3 Å². The molecule has 0 amide bonds. The summed E-state index contributed by atoms with van der Waals surface area (Å²) in [4.78, 5) is 21.9. The highest BCUT2D eigenvalue weighted by Crippen LogP contribution is 2.26. The second kappa shape index (κ2) is 6.56. The lowest BCUT2D eigenvalue weighted by Gasteiger charge is -2.04. The number of benzene rings is 2. The predicted molar refractivity (Wildman–Crippen MR) is 112 cm³/mol. The molecule has 0 radical (unpaired) electrons. The maximum Gasteiger partial charge on any atom is 0.193 e. The smallest absolute Gasteiger partial charge is 0.193 e. The number of fused-ring (bicyclic) bond motifs is 3. The molecule has 0 bridgehead atoms. The molecule has 29 heavy (non-hydrogen) atoms. The lowest BCUT2D eigenvalue weighted by molar-refractivity contribution is 0.103. The molecular weight excluding hydrogens is 364 g/mol. The zero-order chi connectivity index (χ0) is 20.0. The lowest BCUT2D eigenvalue weighted by atomic mass is 10.0. The minimum Gasteiger partial charge on any atom is -0.371 e. The van der Waals surface area contributed by atoms with Crippen molar-refractivity contribution in [1.82, 2.24) is 24.1 Å². The van der Waals surface area contributed by atoms with Gasteiger partial charge in [-0.25, -0.2) is 9.97 Å². The fourth-order valence-corrected chi connectivity index (χ4v) is 3.51. The summed E-state index contributed by atoms with van der Waals surface area (Å²) < 4.78 is 3.70. The molecule has 0 atom stereocenters. The summed E-state index contributed by atoms with van der Waals surface area (Å²) in [5.74, 6) is 0.688. The number of ketones is 1. The highest BCUT2D eigenvalue weighted by molar-refractivity contribution is 6.09. The van der Waals surface area contributed by atoms with Gasteiger partial charge in [-0.15, -0.1) is 0 Å². The van der Waals surface area contributed by atoms with Crippen molar-refractivity contribution in [3.8, 4) is 11.3 Å². The van der Waals surface area contributed by atoms with E-state index in [1.165, 1.54) is 0 Å². The van der Waals surface area contributed by atoms with Crippen molar-refractivity contribution in [2.24, 2.45) is 7.05 Å². The highest BCUT2D eigenvalue weighted by Gasteiger charge is 2.16. The quantitative estimate of drug-likeness (QED) is 0.481. The molecule has 5 aromatic rings. The highest BCUT2D eigenvalue weighted by atomic mass is 16.1. The Morgan fingerprint density at radius 1 is 1.00 bits per heavy atom. The molecule has 0 aliphatic heterocycles. The maximum absolute atomic E-state index is 12.8. The number of carbonyl (C=O) groups excluding carboxylic acids is 1. The molecule has 142 valence electrons. The van der Waals surface area contributed by atoms with Gasteiger partial charge in [-0.2, -0.15) is 9.61 Å². The number of nitrogens with one attached hydrogen (secondary N) is 1. The topological polar surface area (TPSA) is 77.1 Å². The van der Waals surface area contributed by atoms with E-state index in [0.29, 0.717) is 22.6 Å². The Morgan fingerprint density at radius 3 is 2.59 bits per heavy atom. The van der Waals surface area contributed by atoms with Gasteiger partial charge in [-0.1, -0.05) is 48.5 Å². The summed E-state index contributed by atoms with van der Waals surface area (Å²) in [6.45, 7) is 0. The fraction of sp³-hybridized carbons (Fsp3) is 0.0909. The molecule has 0 aliphatic carbocycles. The number of imidazole rings is 1. The van der Waals surface area contributed by atoms with Crippen molar-refractivity contribution in [2.75, 3.05) is 12.4 Å². The van der Waals surface area contributed by atoms with Gasteiger partial charge >= 0.3 is 0 Å². The van der Waals surface area contributed by atoms with Gasteiger partial charge in [0.25, 0.3) is 0 Å². The van der Waals surface area contributed by atoms with Crippen LogP contribution in [0.5, 0.6) is 0 Å². The minimum atomic E-state index is -0.0131. The average Bonchev–Trinajstić information content (AvgIpc) is 3.37. The third kappa shape index (κ3) is 2.75. The molecule has 3 heterocycles. The Labute approximate surface area is 166 Å². The first-order chi connectivity index (χ1) is 14.2. The summed E-state index contributed by atoms with van der Waals surface area (Å²) in [7, 11) is 3.75. The van der Waals surface area contributed by atoms with E-state index >= 15 is 0 Å². The first kappa shape index (κ1) is 17.1. The number of nitrogens with zero attached hydrogens (tertiary/aromatic N) is 5. The SMILES string of the molecule is CNc1nc2cc(-c3cccc(C(=O)c4ccccc4)c3)nn2c2c1ncn2C. The van der Waals surface area contributed by atoms with Crippen molar-refractivity contribution in [1.29, 1.82) is 0 Å². The van der Waals surface area contributed by atoms with Crippen LogP contribution in [0.4, 0.5) is 5.82 Å². The minimum absolute atomic E-state index is 0.0131. The first-order valence-electron chi connectivity index (χ1n) is 9.24. The van der Waals surface area contributed by atoms with Crippen LogP contribution in [0.1, 0.15) is 15.9 Å². The van der Waals surface area contributed by atoms with Crippen molar-refractivity contribution >= 4 is 28.4 Å². The molecule has 3 aromatic heterocycles. The molecule has 0 unspecified atom stereocenters. The largest absolute Gasteiger partial charge is 0.371 e. The number of rotatable bonds is 4. The van der Waals surface area contributed by atoms with Crippen LogP contribution in [-0.2, 0) is 7.05 Å². The summed E-state index contributed by atoms with van der Waals surface area (Å²) in [5, 5.41) is 7.84. The second-order valence-electron chi connectivity index (χ2n) is 6.81. The molecule has 1 N–H and O–H groups in total. The van der Waals surface area contributed by atoms with Crippen LogP contribution in [-0.4, -0.2) is 37.0 Å². The standard InChI is InChI=1S/C22H18N6O/c1-23-21-19-22(27(2)13-24-19)28-18(25-21)12-17(26-28)15-9-6-10-16(11-15)20(29)14-7-4-3-5-8-14/h3-13H,1-2H3,(H,23,25). The molecule has 0 saturated carbocycles. The normalized spacial score (nSPS) is 11.2. The van der Waals surface area contributed by atoms with Crippen LogP contribution in [0, 0.1) is 0 Å². The Balaban J connectivity index is 1.64. The van der Waals surface area contributed by atoms with Crippen LogP contribution in [0.25, 0.3) is 28.1 Å². The lowest BCUT2D eigenvalue weighted by Crippen LogP contribution is -2.02. The van der Waals surface area contributed by atoms with Crippen molar-refractivity contribution in [3.05, 3.63) is 78.1 Å². The fourth-order valence-electron chi connectivity index (χ4n) is 3.51. The number of aryl methyl sites for hydroxylation is 1.